The van der Waals surface area contributed by atoms with E-state index in [1.54, 1.807) is 29.3 Å². The van der Waals surface area contributed by atoms with E-state index < -0.39 is 0 Å². The second kappa shape index (κ2) is 7.95. The minimum atomic E-state index is -0.354. The lowest BCUT2D eigenvalue weighted by atomic mass is 9.98. The Balaban J connectivity index is 1.64. The van der Waals surface area contributed by atoms with Crippen molar-refractivity contribution in [3.05, 3.63) is 69.8 Å². The normalized spacial score (nSPS) is 13.2. The molecule has 0 saturated heterocycles. The summed E-state index contributed by atoms with van der Waals surface area (Å²) in [5.41, 5.74) is 2.38. The van der Waals surface area contributed by atoms with E-state index in [-0.39, 0.29) is 17.0 Å². The van der Waals surface area contributed by atoms with Crippen LogP contribution in [-0.2, 0) is 13.0 Å². The highest BCUT2D eigenvalue weighted by molar-refractivity contribution is 5.94. The number of carbonyl (C=O) groups excluding carboxylic acids is 1. The summed E-state index contributed by atoms with van der Waals surface area (Å²) in [5.74, 6) is 1.10. The predicted octanol–water partition coefficient (Wildman–Crippen LogP) is 2.69. The highest BCUT2D eigenvalue weighted by Crippen LogP contribution is 2.34. The van der Waals surface area contributed by atoms with E-state index in [4.69, 9.17) is 9.47 Å². The number of pyridine rings is 1. The summed E-state index contributed by atoms with van der Waals surface area (Å²) in [5, 5.41) is 0. The van der Waals surface area contributed by atoms with Gasteiger partial charge in [-0.2, -0.15) is 0 Å². The molecule has 1 aromatic carbocycles. The van der Waals surface area contributed by atoms with E-state index in [1.165, 1.54) is 10.6 Å². The molecule has 7 nitrogen and oxygen atoms in total. The molecule has 2 aromatic heterocycles. The van der Waals surface area contributed by atoms with Crippen LogP contribution in [0, 0.1) is 0 Å². The van der Waals surface area contributed by atoms with Crippen LogP contribution >= 0.6 is 0 Å². The molecule has 0 aliphatic carbocycles. The van der Waals surface area contributed by atoms with Gasteiger partial charge in [-0.05, 0) is 55.7 Å². The number of amides is 1. The molecule has 150 valence electrons. The molecule has 0 fully saturated rings. The van der Waals surface area contributed by atoms with Crippen molar-refractivity contribution in [3.63, 3.8) is 0 Å². The molecule has 3 heterocycles. The minimum absolute atomic E-state index is 0.0770. The largest absolute Gasteiger partial charge is 0.490 e. The lowest BCUT2D eigenvalue weighted by Gasteiger charge is -2.29. The van der Waals surface area contributed by atoms with Crippen molar-refractivity contribution in [1.82, 2.24) is 14.3 Å². The zero-order chi connectivity index (χ0) is 20.4. The van der Waals surface area contributed by atoms with Crippen LogP contribution in [0.4, 0.5) is 0 Å². The van der Waals surface area contributed by atoms with Crippen LogP contribution in [0.1, 0.15) is 35.3 Å². The minimum Gasteiger partial charge on any atom is -0.490 e. The summed E-state index contributed by atoms with van der Waals surface area (Å²) >= 11 is 0. The first-order valence-electron chi connectivity index (χ1n) is 9.79. The number of rotatable bonds is 5. The summed E-state index contributed by atoms with van der Waals surface area (Å²) in [6.45, 7) is 5.89. The second-order valence-electron chi connectivity index (χ2n) is 6.82. The molecule has 0 bridgehead atoms. The maximum atomic E-state index is 13.1. The molecule has 0 spiro atoms. The summed E-state index contributed by atoms with van der Waals surface area (Å²) < 4.78 is 12.8. The Hall–Kier alpha value is -3.35. The number of nitrogens with zero attached hydrogens (tertiary/aromatic N) is 3. The maximum absolute atomic E-state index is 13.1. The van der Waals surface area contributed by atoms with Crippen LogP contribution in [0.15, 0.2) is 47.5 Å². The molecule has 0 radical (unpaired) electrons. The van der Waals surface area contributed by atoms with Gasteiger partial charge in [0.05, 0.1) is 13.2 Å². The van der Waals surface area contributed by atoms with Gasteiger partial charge in [-0.3, -0.25) is 14.0 Å². The van der Waals surface area contributed by atoms with Gasteiger partial charge in [-0.1, -0.05) is 6.07 Å². The van der Waals surface area contributed by atoms with E-state index in [0.29, 0.717) is 44.1 Å². The third-order valence-corrected chi connectivity index (χ3v) is 5.01. The molecule has 1 aliphatic heterocycles. The van der Waals surface area contributed by atoms with Crippen molar-refractivity contribution in [2.45, 2.75) is 26.8 Å². The van der Waals surface area contributed by atoms with Crippen molar-refractivity contribution in [3.8, 4) is 11.5 Å². The molecular formula is C22H23N3O4. The fourth-order valence-corrected chi connectivity index (χ4v) is 3.62. The summed E-state index contributed by atoms with van der Waals surface area (Å²) in [7, 11) is 0. The molecule has 4 rings (SSSR count). The van der Waals surface area contributed by atoms with Crippen LogP contribution in [0.5, 0.6) is 11.5 Å². The number of ether oxygens (including phenoxy) is 2. The highest BCUT2D eigenvalue weighted by Gasteiger charge is 2.26. The van der Waals surface area contributed by atoms with Gasteiger partial charge in [0.2, 0.25) is 0 Å². The highest BCUT2D eigenvalue weighted by atomic mass is 16.5. The summed E-state index contributed by atoms with van der Waals surface area (Å²) in [4.78, 5) is 31.8. The first-order valence-corrected chi connectivity index (χ1v) is 9.79. The number of hydrogen-bond donors (Lipinski definition) is 0. The quantitative estimate of drug-likeness (QED) is 0.666. The zero-order valence-electron chi connectivity index (χ0n) is 16.6. The van der Waals surface area contributed by atoms with Crippen LogP contribution in [0.25, 0.3) is 5.65 Å². The number of fused-ring (bicyclic) bond motifs is 2. The van der Waals surface area contributed by atoms with Gasteiger partial charge in [-0.15, -0.1) is 0 Å². The molecule has 0 unspecified atom stereocenters. The molecule has 1 aliphatic rings. The molecular weight excluding hydrogens is 370 g/mol. The van der Waals surface area contributed by atoms with Gasteiger partial charge < -0.3 is 14.4 Å². The van der Waals surface area contributed by atoms with Gasteiger partial charge in [-0.25, -0.2) is 4.98 Å². The molecule has 0 atom stereocenters. The van der Waals surface area contributed by atoms with Gasteiger partial charge in [0.25, 0.3) is 11.5 Å². The fourth-order valence-electron chi connectivity index (χ4n) is 3.62. The lowest BCUT2D eigenvalue weighted by Crippen LogP contribution is -2.39. The smallest absolute Gasteiger partial charge is 0.270 e. The molecule has 1 amide bonds. The van der Waals surface area contributed by atoms with Crippen LogP contribution < -0.4 is 15.0 Å². The van der Waals surface area contributed by atoms with Crippen molar-refractivity contribution in [2.75, 3.05) is 19.8 Å². The van der Waals surface area contributed by atoms with Crippen molar-refractivity contribution in [1.29, 1.82) is 0 Å². The molecule has 0 saturated carbocycles. The van der Waals surface area contributed by atoms with E-state index in [0.717, 1.165) is 16.9 Å². The van der Waals surface area contributed by atoms with Gasteiger partial charge in [0.1, 0.15) is 11.2 Å². The van der Waals surface area contributed by atoms with Crippen molar-refractivity contribution in [2.24, 2.45) is 0 Å². The Morgan fingerprint density at radius 2 is 1.83 bits per heavy atom. The fraction of sp³-hybridized carbons (Fsp3) is 0.318. The summed E-state index contributed by atoms with van der Waals surface area (Å²) in [6.07, 6.45) is 3.69. The van der Waals surface area contributed by atoms with E-state index in [9.17, 15) is 9.59 Å². The molecule has 0 N–H and O–H groups in total. The molecule has 7 heteroatoms. The first kappa shape index (κ1) is 19.0. The number of carbonyl (C=O) groups is 1. The third-order valence-electron chi connectivity index (χ3n) is 5.01. The Morgan fingerprint density at radius 3 is 2.55 bits per heavy atom. The number of aromatic nitrogens is 2. The monoisotopic (exact) mass is 393 g/mol. The van der Waals surface area contributed by atoms with Crippen molar-refractivity contribution >= 4 is 11.6 Å². The lowest BCUT2D eigenvalue weighted by molar-refractivity contribution is 0.0732. The van der Waals surface area contributed by atoms with Crippen LogP contribution in [0.3, 0.4) is 0 Å². The average Bonchev–Trinajstić information content (AvgIpc) is 2.74. The molecule has 3 aromatic rings. The van der Waals surface area contributed by atoms with Gasteiger partial charge >= 0.3 is 0 Å². The average molecular weight is 393 g/mol. The van der Waals surface area contributed by atoms with Gasteiger partial charge in [0, 0.05) is 25.5 Å². The van der Waals surface area contributed by atoms with Crippen molar-refractivity contribution < 1.29 is 14.3 Å². The van der Waals surface area contributed by atoms with Gasteiger partial charge in [0.15, 0.2) is 11.5 Å². The standard InChI is InChI=1S/C22H23N3O4/c1-3-28-18-11-15-8-10-24(14-16(15)12-19(18)29-4-2)21(26)17-13-23-20-7-5-6-9-25(20)22(17)27/h5-7,9,11-13H,3-4,8,10,14H2,1-2H3. The number of benzene rings is 1. The van der Waals surface area contributed by atoms with E-state index in [1.807, 2.05) is 26.0 Å². The topological polar surface area (TPSA) is 73.1 Å². The summed E-state index contributed by atoms with van der Waals surface area (Å²) in [6, 6.07) is 9.22. The molecule has 29 heavy (non-hydrogen) atoms. The Labute approximate surface area is 168 Å². The van der Waals surface area contributed by atoms with Crippen LogP contribution in [-0.4, -0.2) is 40.0 Å². The zero-order valence-corrected chi connectivity index (χ0v) is 16.6. The third kappa shape index (κ3) is 3.55. The Bertz CT molecular complexity index is 1120. The van der Waals surface area contributed by atoms with E-state index >= 15 is 0 Å². The Kier molecular flexibility index (Phi) is 5.20. The first-order chi connectivity index (χ1) is 14.1. The van der Waals surface area contributed by atoms with E-state index in [2.05, 4.69) is 4.98 Å². The Morgan fingerprint density at radius 1 is 1.10 bits per heavy atom. The predicted molar refractivity (Wildman–Crippen MR) is 109 cm³/mol. The second-order valence-corrected chi connectivity index (χ2v) is 6.82. The maximum Gasteiger partial charge on any atom is 0.270 e. The van der Waals surface area contributed by atoms with Crippen LogP contribution in [0.2, 0.25) is 0 Å². The SMILES string of the molecule is CCOc1cc2c(cc1OCC)CN(C(=O)c1cnc3ccccn3c1=O)CC2. The number of hydrogen-bond acceptors (Lipinski definition) is 5.